The molecule has 4 nitrogen and oxygen atoms in total. The summed E-state index contributed by atoms with van der Waals surface area (Å²) >= 11 is 0. The lowest BCUT2D eigenvalue weighted by Crippen LogP contribution is -2.13. The zero-order valence-electron chi connectivity index (χ0n) is 6.49. The van der Waals surface area contributed by atoms with Crippen LogP contribution in [0.2, 0.25) is 0 Å². The van der Waals surface area contributed by atoms with E-state index in [1.807, 2.05) is 0 Å². The number of ether oxygens (including phenoxy) is 1. The molecule has 0 fully saturated rings. The zero-order chi connectivity index (χ0) is 8.97. The van der Waals surface area contributed by atoms with Gasteiger partial charge in [0.05, 0.1) is 6.08 Å². The molecule has 3 N–H and O–H groups in total. The van der Waals surface area contributed by atoms with Crippen molar-refractivity contribution in [2.24, 2.45) is 5.73 Å². The summed E-state index contributed by atoms with van der Waals surface area (Å²) in [6.07, 6.45) is 6.12. The quantitative estimate of drug-likeness (QED) is 0.536. The van der Waals surface area contributed by atoms with Crippen LogP contribution in [0.25, 0.3) is 0 Å². The molecule has 1 rings (SSSR count). The molecule has 1 aliphatic rings. The molecular formula is C8H10NO3+. The number of carbonyl (C=O) groups is 1. The van der Waals surface area contributed by atoms with Crippen molar-refractivity contribution in [3.63, 3.8) is 0 Å². The summed E-state index contributed by atoms with van der Waals surface area (Å²) in [7, 11) is 0. The van der Waals surface area contributed by atoms with Crippen molar-refractivity contribution in [1.29, 1.82) is 0 Å². The minimum absolute atomic E-state index is 0.129. The first-order chi connectivity index (χ1) is 5.72. The molecule has 0 radical (unpaired) electrons. The van der Waals surface area contributed by atoms with E-state index in [4.69, 9.17) is 15.6 Å². The van der Waals surface area contributed by atoms with Crippen molar-refractivity contribution < 1.29 is 14.6 Å². The first-order valence-corrected chi connectivity index (χ1v) is 3.55. The molecule has 0 aliphatic heterocycles. The average molecular weight is 168 g/mol. The van der Waals surface area contributed by atoms with Crippen molar-refractivity contribution in [3.8, 4) is 0 Å². The summed E-state index contributed by atoms with van der Waals surface area (Å²) in [4.78, 5) is 10.6. The lowest BCUT2D eigenvalue weighted by Gasteiger charge is -1.95. The predicted molar refractivity (Wildman–Crippen MR) is 41.9 cm³/mol. The number of hydrogen-bond acceptors (Lipinski definition) is 4. The Morgan fingerprint density at radius 2 is 2.58 bits per heavy atom. The van der Waals surface area contributed by atoms with E-state index in [1.54, 1.807) is 12.2 Å². The number of hydrogen-bond donors (Lipinski definition) is 2. The maximum Gasteiger partial charge on any atom is 0.346 e. The Morgan fingerprint density at radius 1 is 1.83 bits per heavy atom. The van der Waals surface area contributed by atoms with E-state index in [1.165, 1.54) is 0 Å². The summed E-state index contributed by atoms with van der Waals surface area (Å²) < 4.78 is 4.96. The zero-order valence-corrected chi connectivity index (χ0v) is 6.49. The molecular weight excluding hydrogens is 158 g/mol. The van der Waals surface area contributed by atoms with Crippen molar-refractivity contribution in [2.75, 3.05) is 13.2 Å². The third-order valence-corrected chi connectivity index (χ3v) is 1.33. The third-order valence-electron chi connectivity index (χ3n) is 1.33. The molecule has 0 aromatic rings. The molecule has 0 saturated carbocycles. The number of aliphatic hydroxyl groups is 1. The number of aliphatic hydroxyl groups excluding tert-OH is 1. The monoisotopic (exact) mass is 168 g/mol. The van der Waals surface area contributed by atoms with Crippen LogP contribution >= 0.6 is 0 Å². The van der Waals surface area contributed by atoms with Crippen molar-refractivity contribution in [3.05, 3.63) is 24.0 Å². The van der Waals surface area contributed by atoms with Gasteiger partial charge in [-0.2, -0.15) is 0 Å². The Labute approximate surface area is 70.3 Å². The van der Waals surface area contributed by atoms with Crippen molar-refractivity contribution >= 4 is 5.78 Å². The van der Waals surface area contributed by atoms with E-state index >= 15 is 0 Å². The maximum atomic E-state index is 10.6. The van der Waals surface area contributed by atoms with Gasteiger partial charge in [0, 0.05) is 0 Å². The molecule has 0 saturated heterocycles. The van der Waals surface area contributed by atoms with Crippen LogP contribution in [0.15, 0.2) is 17.9 Å². The van der Waals surface area contributed by atoms with E-state index in [9.17, 15) is 4.79 Å². The van der Waals surface area contributed by atoms with Gasteiger partial charge in [-0.25, -0.2) is 0 Å². The summed E-state index contributed by atoms with van der Waals surface area (Å²) in [5.74, 6) is 0.0995. The first-order valence-electron chi connectivity index (χ1n) is 3.55. The Hall–Kier alpha value is -1.22. The number of nitrogens with two attached hydrogens (primary N) is 1. The molecule has 4 heteroatoms. The SMILES string of the molecule is NC1[C+]=C(OCC(=O)CO)C=C1. The Morgan fingerprint density at radius 3 is 3.08 bits per heavy atom. The molecule has 12 heavy (non-hydrogen) atoms. The second kappa shape index (κ2) is 3.97. The highest BCUT2D eigenvalue weighted by molar-refractivity contribution is 5.80. The molecule has 0 spiro atoms. The van der Waals surface area contributed by atoms with Crippen molar-refractivity contribution in [1.82, 2.24) is 0 Å². The summed E-state index contributed by atoms with van der Waals surface area (Å²) in [5, 5.41) is 8.36. The van der Waals surface area contributed by atoms with Gasteiger partial charge in [0.25, 0.3) is 0 Å². The topological polar surface area (TPSA) is 72.5 Å². The maximum absolute atomic E-state index is 10.6. The third kappa shape index (κ3) is 2.43. The number of carbonyl (C=O) groups excluding carboxylic acids is 1. The molecule has 0 bridgehead atoms. The summed E-state index contributed by atoms with van der Waals surface area (Å²) in [5.41, 5.74) is 5.43. The molecule has 0 heterocycles. The van der Waals surface area contributed by atoms with Crippen LogP contribution in [-0.2, 0) is 9.53 Å². The highest BCUT2D eigenvalue weighted by atomic mass is 16.5. The molecule has 1 atom stereocenters. The molecule has 64 valence electrons. The van der Waals surface area contributed by atoms with E-state index in [0.717, 1.165) is 0 Å². The van der Waals surface area contributed by atoms with Gasteiger partial charge in [0.15, 0.2) is 18.4 Å². The minimum atomic E-state index is -0.497. The minimum Gasteiger partial charge on any atom is -0.447 e. The second-order valence-electron chi connectivity index (χ2n) is 2.38. The molecule has 1 unspecified atom stereocenters. The predicted octanol–water partition coefficient (Wildman–Crippen LogP) is -0.851. The largest absolute Gasteiger partial charge is 0.447 e. The Kier molecular flexibility index (Phi) is 2.94. The average Bonchev–Trinajstić information content (AvgIpc) is 2.47. The van der Waals surface area contributed by atoms with Crippen LogP contribution < -0.4 is 5.73 Å². The number of allylic oxidation sites excluding steroid dienone is 1. The highest BCUT2D eigenvalue weighted by Crippen LogP contribution is 2.07. The van der Waals surface area contributed by atoms with Gasteiger partial charge in [0.2, 0.25) is 0 Å². The standard InChI is InChI=1S/C8H10NO3/c9-6-1-2-8(3-6)12-5-7(11)4-10/h1-2,6,10H,4-5,9H2/q+1. The van der Waals surface area contributed by atoms with Gasteiger partial charge >= 0.3 is 5.76 Å². The van der Waals surface area contributed by atoms with E-state index in [2.05, 4.69) is 6.08 Å². The van der Waals surface area contributed by atoms with Crippen LogP contribution in [0.3, 0.4) is 0 Å². The second-order valence-corrected chi connectivity index (χ2v) is 2.38. The summed E-state index contributed by atoms with van der Waals surface area (Å²) in [6, 6.07) is -0.246. The summed E-state index contributed by atoms with van der Waals surface area (Å²) in [6.45, 7) is -0.626. The van der Waals surface area contributed by atoms with E-state index in [-0.39, 0.29) is 18.4 Å². The normalized spacial score (nSPS) is 20.2. The van der Waals surface area contributed by atoms with E-state index < -0.39 is 6.61 Å². The molecule has 1 aliphatic carbocycles. The van der Waals surface area contributed by atoms with Gasteiger partial charge < -0.3 is 9.84 Å². The lowest BCUT2D eigenvalue weighted by molar-refractivity contribution is -0.124. The number of rotatable bonds is 4. The Balaban J connectivity index is 2.29. The molecule has 0 aromatic carbocycles. The van der Waals surface area contributed by atoms with Gasteiger partial charge in [-0.3, -0.25) is 10.5 Å². The van der Waals surface area contributed by atoms with Gasteiger partial charge in [-0.15, -0.1) is 0 Å². The van der Waals surface area contributed by atoms with Crippen LogP contribution in [0.4, 0.5) is 0 Å². The molecule has 0 amide bonds. The van der Waals surface area contributed by atoms with Gasteiger partial charge in [-0.05, 0) is 0 Å². The Bertz CT molecular complexity index is 232. The van der Waals surface area contributed by atoms with Crippen LogP contribution in [0.1, 0.15) is 0 Å². The number of ketones is 1. The van der Waals surface area contributed by atoms with Crippen LogP contribution in [0, 0.1) is 6.08 Å². The lowest BCUT2D eigenvalue weighted by atomic mass is 10.4. The van der Waals surface area contributed by atoms with Crippen molar-refractivity contribution in [2.45, 2.75) is 6.04 Å². The fraction of sp³-hybridized carbons (Fsp3) is 0.375. The molecule has 0 aromatic heterocycles. The van der Waals surface area contributed by atoms with Crippen LogP contribution in [-0.4, -0.2) is 30.1 Å². The smallest absolute Gasteiger partial charge is 0.346 e. The fourth-order valence-electron chi connectivity index (χ4n) is 0.745. The fourth-order valence-corrected chi connectivity index (χ4v) is 0.745. The van der Waals surface area contributed by atoms with Gasteiger partial charge in [-0.1, -0.05) is 0 Å². The first kappa shape index (κ1) is 8.87. The van der Waals surface area contributed by atoms with Crippen LogP contribution in [0.5, 0.6) is 0 Å². The van der Waals surface area contributed by atoms with Gasteiger partial charge in [0.1, 0.15) is 18.8 Å². The number of Topliss-reactive ketones (excluding diaryl/α,β-unsaturated/α-hetero) is 1. The highest BCUT2D eigenvalue weighted by Gasteiger charge is 2.19. The van der Waals surface area contributed by atoms with E-state index in [0.29, 0.717) is 5.76 Å².